The van der Waals surface area contributed by atoms with Gasteiger partial charge in [0, 0.05) is 11.2 Å². The van der Waals surface area contributed by atoms with Gasteiger partial charge in [0.05, 0.1) is 0 Å². The third-order valence-corrected chi connectivity index (χ3v) is 5.72. The van der Waals surface area contributed by atoms with Gasteiger partial charge in [0.2, 0.25) is 0 Å². The fraction of sp³-hybridized carbons (Fsp3) is 0.368. The largest absolute Gasteiger partial charge is 0.161 e. The molecule has 1 saturated carbocycles. The first-order chi connectivity index (χ1) is 9.85. The summed E-state index contributed by atoms with van der Waals surface area (Å²) in [5, 5.41) is 0. The van der Waals surface area contributed by atoms with Crippen molar-refractivity contribution >= 4 is 11.8 Å². The van der Waals surface area contributed by atoms with Crippen LogP contribution in [0.15, 0.2) is 42.5 Å². The van der Waals surface area contributed by atoms with Crippen LogP contribution in [0.4, 0.5) is 0 Å². The Balaban J connectivity index is 1.95. The summed E-state index contributed by atoms with van der Waals surface area (Å²) in [5.41, 5.74) is 8.00. The molecule has 1 fully saturated rings. The minimum absolute atomic E-state index is 0.334. The van der Waals surface area contributed by atoms with Crippen LogP contribution in [0.3, 0.4) is 0 Å². The number of hydrogen-bond acceptors (Lipinski definition) is 1. The highest BCUT2D eigenvalue weighted by Gasteiger charge is 2.44. The van der Waals surface area contributed by atoms with E-state index in [0.29, 0.717) is 5.41 Å². The molecule has 0 heterocycles. The van der Waals surface area contributed by atoms with Crippen molar-refractivity contribution < 1.29 is 0 Å². The van der Waals surface area contributed by atoms with Gasteiger partial charge >= 0.3 is 0 Å². The Morgan fingerprint density at radius 2 is 1.70 bits per heavy atom. The molecular weight excluding hydrogens is 260 g/mol. The minimum atomic E-state index is 0.334. The molecule has 0 bridgehead atoms. The van der Waals surface area contributed by atoms with Crippen molar-refractivity contribution in [3.63, 3.8) is 0 Å². The van der Waals surface area contributed by atoms with Crippen LogP contribution in [0, 0.1) is 0 Å². The fourth-order valence-corrected chi connectivity index (χ4v) is 4.79. The Hall–Kier alpha value is -1.21. The molecule has 2 aromatic rings. The van der Waals surface area contributed by atoms with Gasteiger partial charge in [-0.1, -0.05) is 55.3 Å². The smallest absolute Gasteiger partial charge is 0.0215 e. The summed E-state index contributed by atoms with van der Waals surface area (Å²) in [6.45, 7) is 0. The molecule has 0 amide bonds. The average molecular weight is 280 g/mol. The van der Waals surface area contributed by atoms with Crippen molar-refractivity contribution in [2.45, 2.75) is 36.9 Å². The Morgan fingerprint density at radius 3 is 2.50 bits per heavy atom. The summed E-state index contributed by atoms with van der Waals surface area (Å²) in [4.78, 5) is 0. The van der Waals surface area contributed by atoms with Gasteiger partial charge < -0.3 is 0 Å². The average Bonchev–Trinajstić information content (AvgIpc) is 3.07. The van der Waals surface area contributed by atoms with Crippen molar-refractivity contribution in [2.75, 3.05) is 6.26 Å². The number of hydrogen-bond donors (Lipinski definition) is 0. The summed E-state index contributed by atoms with van der Waals surface area (Å²) in [6.07, 6.45) is 7.61. The zero-order valence-electron chi connectivity index (χ0n) is 12.0. The molecule has 1 heteroatoms. The second-order valence-corrected chi connectivity index (χ2v) is 7.01. The summed E-state index contributed by atoms with van der Waals surface area (Å²) >= 11 is 1.92. The molecule has 1 spiro atoms. The zero-order valence-corrected chi connectivity index (χ0v) is 12.8. The second kappa shape index (κ2) is 4.66. The molecule has 0 unspecified atom stereocenters. The molecular formula is C19H20S. The van der Waals surface area contributed by atoms with E-state index < -0.39 is 0 Å². The Kier molecular flexibility index (Phi) is 2.92. The number of rotatable bonds is 2. The zero-order chi connectivity index (χ0) is 13.6. The highest BCUT2D eigenvalue weighted by molar-refractivity contribution is 7.97. The van der Waals surface area contributed by atoms with Crippen molar-refractivity contribution in [3.05, 3.63) is 59.2 Å². The summed E-state index contributed by atoms with van der Waals surface area (Å²) in [5.74, 6) is 1.12. The molecule has 0 N–H and O–H groups in total. The van der Waals surface area contributed by atoms with Crippen molar-refractivity contribution in [3.8, 4) is 11.1 Å². The predicted molar refractivity (Wildman–Crippen MR) is 88.3 cm³/mol. The summed E-state index contributed by atoms with van der Waals surface area (Å²) in [7, 11) is 0. The minimum Gasteiger partial charge on any atom is -0.161 e. The fourth-order valence-electron chi connectivity index (χ4n) is 4.28. The lowest BCUT2D eigenvalue weighted by Gasteiger charge is -2.26. The first kappa shape index (κ1) is 12.5. The third-order valence-electron chi connectivity index (χ3n) is 5.10. The molecule has 2 aliphatic rings. The van der Waals surface area contributed by atoms with Gasteiger partial charge in [-0.05, 0) is 46.9 Å². The van der Waals surface area contributed by atoms with Gasteiger partial charge in [0.25, 0.3) is 0 Å². The van der Waals surface area contributed by atoms with E-state index in [1.165, 1.54) is 42.4 Å². The van der Waals surface area contributed by atoms with E-state index in [2.05, 4.69) is 48.7 Å². The molecule has 102 valence electrons. The van der Waals surface area contributed by atoms with Crippen LogP contribution in [-0.4, -0.2) is 6.26 Å². The van der Waals surface area contributed by atoms with E-state index >= 15 is 0 Å². The molecule has 0 aromatic heterocycles. The molecule has 4 rings (SSSR count). The number of benzene rings is 2. The quantitative estimate of drug-likeness (QED) is 0.710. The monoisotopic (exact) mass is 280 g/mol. The number of fused-ring (bicyclic) bond motifs is 5. The van der Waals surface area contributed by atoms with E-state index in [0.717, 1.165) is 5.75 Å². The van der Waals surface area contributed by atoms with Gasteiger partial charge in [0.15, 0.2) is 0 Å². The van der Waals surface area contributed by atoms with Crippen LogP contribution in [0.5, 0.6) is 0 Å². The Morgan fingerprint density at radius 1 is 0.950 bits per heavy atom. The van der Waals surface area contributed by atoms with Gasteiger partial charge in [-0.2, -0.15) is 11.8 Å². The van der Waals surface area contributed by atoms with Crippen LogP contribution in [-0.2, 0) is 11.2 Å². The lowest BCUT2D eigenvalue weighted by Crippen LogP contribution is -2.20. The maximum atomic E-state index is 2.50. The van der Waals surface area contributed by atoms with Crippen LogP contribution < -0.4 is 0 Å². The first-order valence-electron chi connectivity index (χ1n) is 7.57. The molecule has 2 aromatic carbocycles. The highest BCUT2D eigenvalue weighted by atomic mass is 32.2. The molecule has 20 heavy (non-hydrogen) atoms. The molecule has 0 atom stereocenters. The molecule has 0 saturated heterocycles. The lowest BCUT2D eigenvalue weighted by atomic mass is 9.76. The summed E-state index contributed by atoms with van der Waals surface area (Å²) < 4.78 is 0. The van der Waals surface area contributed by atoms with Gasteiger partial charge in [-0.15, -0.1) is 0 Å². The number of thioether (sulfide) groups is 1. The molecule has 0 radical (unpaired) electrons. The second-order valence-electron chi connectivity index (χ2n) is 6.15. The van der Waals surface area contributed by atoms with Crippen molar-refractivity contribution in [1.82, 2.24) is 0 Å². The van der Waals surface area contributed by atoms with Crippen LogP contribution >= 0.6 is 11.8 Å². The Bertz CT molecular complexity index is 651. The van der Waals surface area contributed by atoms with E-state index in [1.54, 1.807) is 11.1 Å². The van der Waals surface area contributed by atoms with Gasteiger partial charge in [0.1, 0.15) is 0 Å². The van der Waals surface area contributed by atoms with Crippen molar-refractivity contribution in [1.29, 1.82) is 0 Å². The van der Waals surface area contributed by atoms with Gasteiger partial charge in [-0.25, -0.2) is 0 Å². The SMILES string of the molecule is CSCc1ccc2c(c1)C1(CCCC1)c1ccccc1-2. The van der Waals surface area contributed by atoms with E-state index in [9.17, 15) is 0 Å². The van der Waals surface area contributed by atoms with E-state index in [4.69, 9.17) is 0 Å². The van der Waals surface area contributed by atoms with E-state index in [-0.39, 0.29) is 0 Å². The Labute approximate surface area is 125 Å². The van der Waals surface area contributed by atoms with Crippen molar-refractivity contribution in [2.24, 2.45) is 0 Å². The summed E-state index contributed by atoms with van der Waals surface area (Å²) in [6, 6.07) is 16.3. The van der Waals surface area contributed by atoms with Crippen LogP contribution in [0.2, 0.25) is 0 Å². The molecule has 0 aliphatic heterocycles. The molecule has 0 nitrogen and oxygen atoms in total. The van der Waals surface area contributed by atoms with Crippen LogP contribution in [0.1, 0.15) is 42.4 Å². The third kappa shape index (κ3) is 1.62. The first-order valence-corrected chi connectivity index (χ1v) is 8.97. The highest BCUT2D eigenvalue weighted by Crippen LogP contribution is 2.56. The topological polar surface area (TPSA) is 0 Å². The normalized spacial score (nSPS) is 18.2. The molecule has 2 aliphatic carbocycles. The van der Waals surface area contributed by atoms with Crippen LogP contribution in [0.25, 0.3) is 11.1 Å². The lowest BCUT2D eigenvalue weighted by molar-refractivity contribution is 0.549. The van der Waals surface area contributed by atoms with Gasteiger partial charge in [-0.3, -0.25) is 0 Å². The standard InChI is InChI=1S/C19H20S/c1-20-13-14-8-9-16-15-6-2-3-7-17(15)19(18(16)12-14)10-4-5-11-19/h2-3,6-9,12H,4-5,10-11,13H2,1H3. The maximum absolute atomic E-state index is 2.50. The maximum Gasteiger partial charge on any atom is 0.0215 e. The van der Waals surface area contributed by atoms with E-state index in [1.807, 2.05) is 11.8 Å². The predicted octanol–water partition coefficient (Wildman–Crippen LogP) is 5.39.